The molecule has 4 nitrogen and oxygen atoms in total. The van der Waals surface area contributed by atoms with E-state index < -0.39 is 5.97 Å². The van der Waals surface area contributed by atoms with Gasteiger partial charge in [-0.25, -0.2) is 9.78 Å². The highest BCUT2D eigenvalue weighted by atomic mass is 16.5. The monoisotopic (exact) mass is 207 g/mol. The Balaban J connectivity index is 3.23. The molecule has 1 N–H and O–H groups in total. The van der Waals surface area contributed by atoms with Crippen LogP contribution >= 0.6 is 0 Å². The number of pyridine rings is 1. The molecular weight excluding hydrogens is 194 g/mol. The summed E-state index contributed by atoms with van der Waals surface area (Å²) in [6.45, 7) is 3.84. The van der Waals surface area contributed by atoms with Crippen molar-refractivity contribution in [2.24, 2.45) is 0 Å². The molecule has 80 valence electrons. The lowest BCUT2D eigenvalue weighted by molar-refractivity contribution is 0.0696. The summed E-state index contributed by atoms with van der Waals surface area (Å²) in [5, 5.41) is 8.86. The number of carbonyl (C=O) groups is 1. The van der Waals surface area contributed by atoms with E-state index in [0.717, 1.165) is 5.57 Å². The number of carboxylic acids is 1. The number of allylic oxidation sites excluding steroid dienone is 1. The van der Waals surface area contributed by atoms with Crippen LogP contribution in [-0.4, -0.2) is 23.2 Å². The van der Waals surface area contributed by atoms with Gasteiger partial charge in [0, 0.05) is 6.07 Å². The number of rotatable bonds is 3. The Morgan fingerprint density at radius 2 is 2.13 bits per heavy atom. The summed E-state index contributed by atoms with van der Waals surface area (Å²) in [6.07, 6.45) is 1.80. The van der Waals surface area contributed by atoms with Gasteiger partial charge in [0.05, 0.1) is 18.4 Å². The highest BCUT2D eigenvalue weighted by molar-refractivity contribution is 5.88. The normalized spacial score (nSPS) is 9.53. The number of methoxy groups -OCH3 is 1. The molecule has 0 bridgehead atoms. The van der Waals surface area contributed by atoms with Gasteiger partial charge in [-0.05, 0) is 26.0 Å². The number of ether oxygens (including phenoxy) is 1. The molecule has 1 heterocycles. The van der Waals surface area contributed by atoms with E-state index >= 15 is 0 Å². The van der Waals surface area contributed by atoms with Crippen LogP contribution in [0.25, 0.3) is 6.08 Å². The van der Waals surface area contributed by atoms with Gasteiger partial charge >= 0.3 is 5.97 Å². The van der Waals surface area contributed by atoms with E-state index in [2.05, 4.69) is 4.98 Å². The maximum atomic E-state index is 10.8. The first-order valence-corrected chi connectivity index (χ1v) is 4.47. The number of aromatic carboxylic acids is 1. The predicted octanol–water partition coefficient (Wildman–Crippen LogP) is 2.21. The van der Waals surface area contributed by atoms with Gasteiger partial charge in [-0.1, -0.05) is 5.57 Å². The molecule has 15 heavy (non-hydrogen) atoms. The fourth-order valence-electron chi connectivity index (χ4n) is 1.12. The molecule has 1 aromatic heterocycles. The van der Waals surface area contributed by atoms with Crippen molar-refractivity contribution in [2.75, 3.05) is 7.11 Å². The Kier molecular flexibility index (Phi) is 3.44. The molecule has 0 aromatic carbocycles. The van der Waals surface area contributed by atoms with E-state index in [-0.39, 0.29) is 5.56 Å². The Labute approximate surface area is 88.2 Å². The molecule has 0 saturated heterocycles. The third kappa shape index (κ3) is 3.09. The van der Waals surface area contributed by atoms with Crippen molar-refractivity contribution in [1.29, 1.82) is 0 Å². The first-order chi connectivity index (χ1) is 7.02. The molecule has 0 aliphatic heterocycles. The average Bonchev–Trinajstić information content (AvgIpc) is 2.16. The summed E-state index contributed by atoms with van der Waals surface area (Å²) in [5.74, 6) is -0.679. The third-order valence-corrected chi connectivity index (χ3v) is 1.71. The Hall–Kier alpha value is -1.84. The van der Waals surface area contributed by atoms with E-state index in [1.807, 2.05) is 13.8 Å². The molecule has 0 radical (unpaired) electrons. The van der Waals surface area contributed by atoms with E-state index in [1.54, 1.807) is 6.08 Å². The molecule has 1 rings (SSSR count). The maximum absolute atomic E-state index is 10.8. The molecule has 0 spiro atoms. The molecule has 0 fully saturated rings. The van der Waals surface area contributed by atoms with Crippen molar-refractivity contribution in [1.82, 2.24) is 4.98 Å². The zero-order chi connectivity index (χ0) is 11.4. The molecule has 0 amide bonds. The minimum atomic E-state index is -0.987. The first-order valence-electron chi connectivity index (χ1n) is 4.47. The van der Waals surface area contributed by atoms with Crippen LogP contribution in [0.4, 0.5) is 0 Å². The topological polar surface area (TPSA) is 59.4 Å². The van der Waals surface area contributed by atoms with Gasteiger partial charge in [-0.2, -0.15) is 0 Å². The Bertz CT molecular complexity index is 406. The summed E-state index contributed by atoms with van der Waals surface area (Å²) in [4.78, 5) is 14.9. The fraction of sp³-hybridized carbons (Fsp3) is 0.273. The van der Waals surface area contributed by atoms with Crippen LogP contribution in [0, 0.1) is 0 Å². The second-order valence-corrected chi connectivity index (χ2v) is 3.35. The highest BCUT2D eigenvalue weighted by Gasteiger charge is 2.07. The second kappa shape index (κ2) is 4.59. The van der Waals surface area contributed by atoms with Gasteiger partial charge in [-0.3, -0.25) is 0 Å². The molecular formula is C11H13NO3. The predicted molar refractivity (Wildman–Crippen MR) is 57.1 cm³/mol. The van der Waals surface area contributed by atoms with E-state index in [9.17, 15) is 4.79 Å². The smallest absolute Gasteiger partial charge is 0.335 e. The lowest BCUT2D eigenvalue weighted by Crippen LogP contribution is -2.00. The van der Waals surface area contributed by atoms with Crippen LogP contribution in [0.1, 0.15) is 29.9 Å². The maximum Gasteiger partial charge on any atom is 0.335 e. The van der Waals surface area contributed by atoms with Gasteiger partial charge in [-0.15, -0.1) is 0 Å². The summed E-state index contributed by atoms with van der Waals surface area (Å²) in [6, 6.07) is 2.91. The Morgan fingerprint density at radius 3 is 2.60 bits per heavy atom. The van der Waals surface area contributed by atoms with Crippen LogP contribution in [0.5, 0.6) is 5.88 Å². The Morgan fingerprint density at radius 1 is 1.47 bits per heavy atom. The molecule has 0 aliphatic carbocycles. The zero-order valence-corrected chi connectivity index (χ0v) is 8.94. The van der Waals surface area contributed by atoms with Crippen LogP contribution < -0.4 is 4.74 Å². The van der Waals surface area contributed by atoms with Crippen LogP contribution in [0.2, 0.25) is 0 Å². The summed E-state index contributed by atoms with van der Waals surface area (Å²) in [5.41, 5.74) is 1.81. The van der Waals surface area contributed by atoms with Crippen LogP contribution in [0.3, 0.4) is 0 Å². The molecule has 4 heteroatoms. The second-order valence-electron chi connectivity index (χ2n) is 3.35. The highest BCUT2D eigenvalue weighted by Crippen LogP contribution is 2.14. The summed E-state index contributed by atoms with van der Waals surface area (Å²) >= 11 is 0. The largest absolute Gasteiger partial charge is 0.481 e. The van der Waals surface area contributed by atoms with Crippen molar-refractivity contribution < 1.29 is 14.6 Å². The zero-order valence-electron chi connectivity index (χ0n) is 8.94. The average molecular weight is 207 g/mol. The van der Waals surface area contributed by atoms with Crippen molar-refractivity contribution in [2.45, 2.75) is 13.8 Å². The number of nitrogens with zero attached hydrogens (tertiary/aromatic N) is 1. The SMILES string of the molecule is COc1cc(C(=O)O)cc(C=C(C)C)n1. The lowest BCUT2D eigenvalue weighted by Gasteiger charge is -2.03. The van der Waals surface area contributed by atoms with Crippen molar-refractivity contribution >= 4 is 12.0 Å². The van der Waals surface area contributed by atoms with Crippen molar-refractivity contribution in [3.63, 3.8) is 0 Å². The molecule has 0 aliphatic rings. The molecule has 0 saturated carbocycles. The number of hydrogen-bond donors (Lipinski definition) is 1. The van der Waals surface area contributed by atoms with Crippen molar-refractivity contribution in [3.05, 3.63) is 29.0 Å². The molecule has 1 aromatic rings. The van der Waals surface area contributed by atoms with Gasteiger partial charge in [0.25, 0.3) is 0 Å². The van der Waals surface area contributed by atoms with Crippen molar-refractivity contribution in [3.8, 4) is 5.88 Å². The van der Waals surface area contributed by atoms with Crippen LogP contribution in [0.15, 0.2) is 17.7 Å². The van der Waals surface area contributed by atoms with Gasteiger partial charge < -0.3 is 9.84 Å². The van der Waals surface area contributed by atoms with Gasteiger partial charge in [0.1, 0.15) is 0 Å². The summed E-state index contributed by atoms with van der Waals surface area (Å²) < 4.78 is 4.92. The molecule has 0 unspecified atom stereocenters. The molecule has 0 atom stereocenters. The van der Waals surface area contributed by atoms with E-state index in [1.165, 1.54) is 19.2 Å². The van der Waals surface area contributed by atoms with E-state index in [4.69, 9.17) is 9.84 Å². The number of hydrogen-bond acceptors (Lipinski definition) is 3. The number of carboxylic acid groups (broad SMARTS) is 1. The standard InChI is InChI=1S/C11H13NO3/c1-7(2)4-9-5-8(11(13)14)6-10(12-9)15-3/h4-6H,1-3H3,(H,13,14). The van der Waals surface area contributed by atoms with E-state index in [0.29, 0.717) is 11.6 Å². The lowest BCUT2D eigenvalue weighted by atomic mass is 10.2. The first kappa shape index (κ1) is 11.2. The minimum Gasteiger partial charge on any atom is -0.481 e. The number of aromatic nitrogens is 1. The minimum absolute atomic E-state index is 0.175. The van der Waals surface area contributed by atoms with Crippen LogP contribution in [-0.2, 0) is 0 Å². The van der Waals surface area contributed by atoms with Gasteiger partial charge in [0.2, 0.25) is 5.88 Å². The van der Waals surface area contributed by atoms with Gasteiger partial charge in [0.15, 0.2) is 0 Å². The quantitative estimate of drug-likeness (QED) is 0.825. The summed E-state index contributed by atoms with van der Waals surface area (Å²) in [7, 11) is 1.46. The third-order valence-electron chi connectivity index (χ3n) is 1.71. The fourth-order valence-corrected chi connectivity index (χ4v) is 1.12.